The third-order valence-corrected chi connectivity index (χ3v) is 6.93. The van der Waals surface area contributed by atoms with Gasteiger partial charge in [-0.15, -0.1) is 0 Å². The highest BCUT2D eigenvalue weighted by atomic mass is 19.1. The molecule has 1 aliphatic rings. The Hall–Kier alpha value is -4.36. The van der Waals surface area contributed by atoms with E-state index in [1.165, 1.54) is 12.3 Å². The van der Waals surface area contributed by atoms with Crippen molar-refractivity contribution < 1.29 is 14.3 Å². The molecule has 192 valence electrons. The number of benzene rings is 2. The number of rotatable bonds is 6. The Morgan fingerprint density at radius 2 is 1.71 bits per heavy atom. The summed E-state index contributed by atoms with van der Waals surface area (Å²) in [7, 11) is 0. The van der Waals surface area contributed by atoms with Crippen molar-refractivity contribution in [3.8, 4) is 0 Å². The predicted octanol–water partition coefficient (Wildman–Crippen LogP) is 5.64. The molecule has 38 heavy (non-hydrogen) atoms. The van der Waals surface area contributed by atoms with Crippen molar-refractivity contribution in [1.29, 1.82) is 0 Å². The van der Waals surface area contributed by atoms with Gasteiger partial charge in [0.05, 0.1) is 5.56 Å². The topological polar surface area (TPSA) is 78.5 Å². The smallest absolute Gasteiger partial charge is 0.262 e. The highest BCUT2D eigenvalue weighted by Gasteiger charge is 2.37. The van der Waals surface area contributed by atoms with E-state index in [4.69, 9.17) is 0 Å². The quantitative estimate of drug-likeness (QED) is 0.354. The molecule has 0 saturated carbocycles. The standard InChI is InChI=1S/C31H29FN4O2/c1-3-21-15-16-33-30(34-19-21)35-29(37)25-20-36-24(18-27(25)32)17-26(28(36)4-2)31(38,22-11-7-5-8-12-22)23-13-9-6-10-14-23/h5-21,38H,3-4H2,1-2H3,(H,33,35,37). The molecule has 2 aromatic carbocycles. The van der Waals surface area contributed by atoms with E-state index in [0.29, 0.717) is 28.6 Å². The molecule has 5 rings (SSSR count). The van der Waals surface area contributed by atoms with Crippen LogP contribution in [0, 0.1) is 11.7 Å². The van der Waals surface area contributed by atoms with Gasteiger partial charge >= 0.3 is 0 Å². The maximum absolute atomic E-state index is 15.3. The molecule has 0 bridgehead atoms. The Labute approximate surface area is 220 Å². The van der Waals surface area contributed by atoms with Gasteiger partial charge in [-0.2, -0.15) is 0 Å². The number of halogens is 1. The zero-order valence-corrected chi connectivity index (χ0v) is 21.3. The number of hydrogen-bond donors (Lipinski definition) is 2. The zero-order valence-electron chi connectivity index (χ0n) is 21.3. The molecule has 3 heterocycles. The fourth-order valence-electron chi connectivity index (χ4n) is 4.87. The number of hydrogen-bond acceptors (Lipinski definition) is 4. The first-order valence-corrected chi connectivity index (χ1v) is 12.7. The lowest BCUT2D eigenvalue weighted by atomic mass is 9.80. The summed E-state index contributed by atoms with van der Waals surface area (Å²) in [6.45, 7) is 4.00. The lowest BCUT2D eigenvalue weighted by Crippen LogP contribution is -2.30. The molecule has 0 spiro atoms. The minimum absolute atomic E-state index is 0.105. The minimum atomic E-state index is -1.48. The van der Waals surface area contributed by atoms with Crippen molar-refractivity contribution in [2.45, 2.75) is 32.3 Å². The van der Waals surface area contributed by atoms with Gasteiger partial charge in [-0.25, -0.2) is 14.4 Å². The third kappa shape index (κ3) is 4.57. The number of fused-ring (bicyclic) bond motifs is 1. The van der Waals surface area contributed by atoms with Crippen LogP contribution in [0.15, 0.2) is 101 Å². The molecule has 1 aliphatic heterocycles. The molecule has 0 fully saturated rings. The minimum Gasteiger partial charge on any atom is -0.376 e. The van der Waals surface area contributed by atoms with Gasteiger partial charge in [-0.3, -0.25) is 10.1 Å². The summed E-state index contributed by atoms with van der Waals surface area (Å²) < 4.78 is 17.1. The van der Waals surface area contributed by atoms with E-state index < -0.39 is 17.3 Å². The van der Waals surface area contributed by atoms with Crippen molar-refractivity contribution in [2.75, 3.05) is 0 Å². The summed E-state index contributed by atoms with van der Waals surface area (Å²) in [4.78, 5) is 21.5. The molecule has 0 aliphatic carbocycles. The average Bonchev–Trinajstić information content (AvgIpc) is 3.15. The maximum atomic E-state index is 15.3. The number of amides is 1. The first-order valence-electron chi connectivity index (χ1n) is 12.7. The summed E-state index contributed by atoms with van der Waals surface area (Å²) in [6.07, 6.45) is 8.07. The van der Waals surface area contributed by atoms with Crippen LogP contribution in [-0.4, -0.2) is 27.6 Å². The Morgan fingerprint density at radius 1 is 1.05 bits per heavy atom. The molecule has 2 aromatic heterocycles. The number of allylic oxidation sites excluding steroid dienone is 1. The van der Waals surface area contributed by atoms with Crippen LogP contribution < -0.4 is 5.32 Å². The average molecular weight is 509 g/mol. The summed E-state index contributed by atoms with van der Waals surface area (Å²) in [6, 6.07) is 21.9. The molecule has 6 nitrogen and oxygen atoms in total. The Morgan fingerprint density at radius 3 is 2.32 bits per heavy atom. The first-order chi connectivity index (χ1) is 18.5. The lowest BCUT2D eigenvalue weighted by molar-refractivity contribution is 0.0972. The van der Waals surface area contributed by atoms with E-state index in [1.807, 2.05) is 80.6 Å². The Bertz CT molecular complexity index is 1520. The van der Waals surface area contributed by atoms with Gasteiger partial charge in [0.25, 0.3) is 5.91 Å². The second-order valence-electron chi connectivity index (χ2n) is 9.23. The fourth-order valence-corrected chi connectivity index (χ4v) is 4.87. The van der Waals surface area contributed by atoms with Crippen LogP contribution in [0.3, 0.4) is 0 Å². The predicted molar refractivity (Wildman–Crippen MR) is 148 cm³/mol. The molecule has 1 atom stereocenters. The Kier molecular flexibility index (Phi) is 7.03. The molecular weight excluding hydrogens is 479 g/mol. The largest absolute Gasteiger partial charge is 0.376 e. The second-order valence-corrected chi connectivity index (χ2v) is 9.23. The van der Waals surface area contributed by atoms with Crippen LogP contribution >= 0.6 is 0 Å². The van der Waals surface area contributed by atoms with E-state index in [1.54, 1.807) is 22.9 Å². The monoisotopic (exact) mass is 508 g/mol. The normalized spacial score (nSPS) is 15.4. The van der Waals surface area contributed by atoms with Gasteiger partial charge in [0.1, 0.15) is 11.4 Å². The number of nitrogens with one attached hydrogen (secondary N) is 1. The number of carbonyl (C=O) groups is 1. The number of aryl methyl sites for hydroxylation is 1. The van der Waals surface area contributed by atoms with Gasteiger partial charge in [0.2, 0.25) is 5.96 Å². The number of nitrogens with zero attached hydrogens (tertiary/aromatic N) is 3. The summed E-state index contributed by atoms with van der Waals surface area (Å²) in [5.41, 5.74) is 1.69. The summed E-state index contributed by atoms with van der Waals surface area (Å²) >= 11 is 0. The fraction of sp³-hybridized carbons (Fsp3) is 0.194. The molecular formula is C31H29FN4O2. The molecule has 1 unspecified atom stereocenters. The second kappa shape index (κ2) is 10.6. The molecule has 4 aromatic rings. The van der Waals surface area contributed by atoms with Gasteiger partial charge < -0.3 is 9.51 Å². The van der Waals surface area contributed by atoms with Gasteiger partial charge in [-0.1, -0.05) is 80.6 Å². The van der Waals surface area contributed by atoms with Crippen LogP contribution in [-0.2, 0) is 12.0 Å². The van der Waals surface area contributed by atoms with Crippen LogP contribution in [0.5, 0.6) is 0 Å². The number of aliphatic hydroxyl groups is 1. The van der Waals surface area contributed by atoms with Crippen LogP contribution in [0.1, 0.15) is 53.0 Å². The van der Waals surface area contributed by atoms with Crippen LogP contribution in [0.4, 0.5) is 4.39 Å². The van der Waals surface area contributed by atoms with Gasteiger partial charge in [0.15, 0.2) is 0 Å². The number of aromatic nitrogens is 1. The molecule has 2 N–H and O–H groups in total. The number of aliphatic imine (C=N–C) groups is 2. The van der Waals surface area contributed by atoms with E-state index in [9.17, 15) is 9.90 Å². The number of carbonyl (C=O) groups excluding carboxylic acids is 1. The van der Waals surface area contributed by atoms with Crippen LogP contribution in [0.25, 0.3) is 5.52 Å². The summed E-state index contributed by atoms with van der Waals surface area (Å²) in [5.74, 6) is -1.10. The van der Waals surface area contributed by atoms with Crippen molar-refractivity contribution >= 4 is 23.6 Å². The zero-order chi connectivity index (χ0) is 26.7. The highest BCUT2D eigenvalue weighted by molar-refractivity contribution is 6.08. The highest BCUT2D eigenvalue weighted by Crippen LogP contribution is 2.40. The van der Waals surface area contributed by atoms with E-state index in [-0.39, 0.29) is 17.4 Å². The van der Waals surface area contributed by atoms with Gasteiger partial charge in [-0.05, 0) is 36.1 Å². The van der Waals surface area contributed by atoms with Crippen molar-refractivity contribution in [3.63, 3.8) is 0 Å². The molecule has 7 heteroatoms. The molecule has 1 amide bonds. The van der Waals surface area contributed by atoms with E-state index >= 15 is 4.39 Å². The lowest BCUT2D eigenvalue weighted by Gasteiger charge is -2.30. The maximum Gasteiger partial charge on any atom is 0.262 e. The van der Waals surface area contributed by atoms with E-state index in [0.717, 1.165) is 12.1 Å². The SMILES string of the molecule is CCc1c(C(O)(c2ccccc2)c2ccccc2)cc2cc(F)c(C(=O)NC3=NC=CC(CC)C=N3)cn12. The first kappa shape index (κ1) is 25.3. The van der Waals surface area contributed by atoms with Gasteiger partial charge in [0, 0.05) is 41.3 Å². The molecule has 0 saturated heterocycles. The van der Waals surface area contributed by atoms with E-state index in [2.05, 4.69) is 15.3 Å². The third-order valence-electron chi connectivity index (χ3n) is 6.93. The van der Waals surface area contributed by atoms with Crippen molar-refractivity contribution in [3.05, 3.63) is 125 Å². The van der Waals surface area contributed by atoms with Crippen molar-refractivity contribution in [1.82, 2.24) is 9.72 Å². The van der Waals surface area contributed by atoms with Crippen molar-refractivity contribution in [2.24, 2.45) is 15.9 Å². The number of pyridine rings is 1. The summed E-state index contributed by atoms with van der Waals surface area (Å²) in [5, 5.41) is 15.0. The number of guanidine groups is 1. The van der Waals surface area contributed by atoms with Crippen LogP contribution in [0.2, 0.25) is 0 Å². The Balaban J connectivity index is 1.61. The molecule has 0 radical (unpaired) electrons.